The van der Waals surface area contributed by atoms with E-state index in [1.54, 1.807) is 0 Å². The third kappa shape index (κ3) is 1.13. The predicted molar refractivity (Wildman–Crippen MR) is 32.9 cm³/mol. The monoisotopic (exact) mass is 139 g/mol. The van der Waals surface area contributed by atoms with Crippen LogP contribution in [0.25, 0.3) is 0 Å². The van der Waals surface area contributed by atoms with E-state index in [2.05, 4.69) is 0 Å². The molecule has 0 atom stereocenters. The summed E-state index contributed by atoms with van der Waals surface area (Å²) in [5.41, 5.74) is -0.169. The van der Waals surface area contributed by atoms with E-state index < -0.39 is 5.82 Å². The molecule has 1 aromatic rings. The highest BCUT2D eigenvalue weighted by Gasteiger charge is 2.00. The maximum Gasteiger partial charge on any atom is 0.236 e. The molecule has 0 aromatic heterocycles. The summed E-state index contributed by atoms with van der Waals surface area (Å²) in [5.74, 6) is -0.952. The number of benzene rings is 1. The maximum atomic E-state index is 12.4. The Morgan fingerprint density at radius 3 is 2.70 bits per heavy atom. The van der Waals surface area contributed by atoms with Crippen molar-refractivity contribution in [3.8, 4) is 5.75 Å². The summed E-state index contributed by atoms with van der Waals surface area (Å²) in [6.45, 7) is 0. The Balaban J connectivity index is 3.19. The van der Waals surface area contributed by atoms with E-state index in [1.807, 2.05) is 0 Å². The van der Waals surface area contributed by atoms with Crippen molar-refractivity contribution in [1.29, 1.82) is 0 Å². The number of rotatable bonds is 1. The number of hydrogen-bond acceptors (Lipinski definition) is 2. The summed E-state index contributed by atoms with van der Waals surface area (Å²) in [5, 5.41) is 8.66. The molecular formula is C7H4FO2. The lowest BCUT2D eigenvalue weighted by Gasteiger charge is -1.92. The van der Waals surface area contributed by atoms with Gasteiger partial charge >= 0.3 is 0 Å². The van der Waals surface area contributed by atoms with E-state index in [1.165, 1.54) is 12.4 Å². The molecule has 1 rings (SSSR count). The van der Waals surface area contributed by atoms with Gasteiger partial charge in [-0.1, -0.05) is 0 Å². The van der Waals surface area contributed by atoms with Crippen LogP contribution in [0.15, 0.2) is 18.2 Å². The van der Waals surface area contributed by atoms with Crippen LogP contribution in [0.4, 0.5) is 4.39 Å². The van der Waals surface area contributed by atoms with Crippen molar-refractivity contribution < 1.29 is 14.3 Å². The van der Waals surface area contributed by atoms with Crippen LogP contribution in [0.2, 0.25) is 0 Å². The van der Waals surface area contributed by atoms with Crippen LogP contribution in [0, 0.1) is 5.82 Å². The number of phenols is 1. The van der Waals surface area contributed by atoms with Crippen molar-refractivity contribution in [2.24, 2.45) is 0 Å². The van der Waals surface area contributed by atoms with E-state index in [0.717, 1.165) is 12.1 Å². The number of carbonyl (C=O) groups excluding carboxylic acids is 1. The van der Waals surface area contributed by atoms with Crippen LogP contribution < -0.4 is 0 Å². The van der Waals surface area contributed by atoms with Crippen LogP contribution in [0.5, 0.6) is 5.75 Å². The lowest BCUT2D eigenvalue weighted by molar-refractivity contribution is 0.468. The molecule has 1 aromatic carbocycles. The highest BCUT2D eigenvalue weighted by Crippen LogP contribution is 2.12. The van der Waals surface area contributed by atoms with Gasteiger partial charge in [0.05, 0.1) is 5.56 Å². The maximum absolute atomic E-state index is 12.4. The number of halogens is 1. The molecule has 0 aliphatic rings. The molecule has 0 amide bonds. The summed E-state index contributed by atoms with van der Waals surface area (Å²) < 4.78 is 12.4. The molecule has 0 unspecified atom stereocenters. The van der Waals surface area contributed by atoms with Gasteiger partial charge in [-0.25, -0.2) is 4.39 Å². The summed E-state index contributed by atoms with van der Waals surface area (Å²) >= 11 is 0. The van der Waals surface area contributed by atoms with Crippen LogP contribution in [0.3, 0.4) is 0 Å². The Labute approximate surface area is 56.9 Å². The molecule has 0 bridgehead atoms. The first-order valence-corrected chi connectivity index (χ1v) is 2.60. The molecule has 0 heterocycles. The van der Waals surface area contributed by atoms with Crippen molar-refractivity contribution in [2.45, 2.75) is 0 Å². The van der Waals surface area contributed by atoms with Gasteiger partial charge in [0, 0.05) is 6.07 Å². The number of phenolic OH excluding ortho intramolecular Hbond substituents is 1. The highest BCUT2D eigenvalue weighted by atomic mass is 19.1. The molecule has 1 N–H and O–H groups in total. The molecule has 0 aliphatic heterocycles. The molecule has 0 saturated heterocycles. The van der Waals surface area contributed by atoms with Gasteiger partial charge in [-0.3, -0.25) is 4.79 Å². The molecule has 10 heavy (non-hydrogen) atoms. The van der Waals surface area contributed by atoms with E-state index in [4.69, 9.17) is 5.11 Å². The minimum atomic E-state index is -0.755. The van der Waals surface area contributed by atoms with Crippen molar-refractivity contribution in [3.63, 3.8) is 0 Å². The van der Waals surface area contributed by atoms with Gasteiger partial charge in [0.1, 0.15) is 11.6 Å². The van der Waals surface area contributed by atoms with Gasteiger partial charge in [-0.15, -0.1) is 0 Å². The molecular weight excluding hydrogens is 135 g/mol. The molecule has 0 aliphatic carbocycles. The first-order valence-electron chi connectivity index (χ1n) is 2.60. The second kappa shape index (κ2) is 2.47. The van der Waals surface area contributed by atoms with Gasteiger partial charge in [0.15, 0.2) is 0 Å². The molecule has 0 spiro atoms. The van der Waals surface area contributed by atoms with Gasteiger partial charge in [-0.2, -0.15) is 0 Å². The Kier molecular flexibility index (Phi) is 1.67. The minimum absolute atomic E-state index is 0.169. The minimum Gasteiger partial charge on any atom is -0.508 e. The quantitative estimate of drug-likeness (QED) is 0.629. The average Bonchev–Trinajstić information content (AvgIpc) is 1.88. The zero-order valence-corrected chi connectivity index (χ0v) is 4.97. The standard InChI is InChI=1S/C7H4FO2/c8-7-3-6(10)2-1-5(7)4-9/h1-3,10H. The van der Waals surface area contributed by atoms with E-state index >= 15 is 0 Å². The van der Waals surface area contributed by atoms with Crippen molar-refractivity contribution in [2.75, 3.05) is 0 Å². The molecule has 2 nitrogen and oxygen atoms in total. The molecule has 1 radical (unpaired) electrons. The first-order chi connectivity index (χ1) is 4.74. The smallest absolute Gasteiger partial charge is 0.236 e. The molecule has 0 fully saturated rings. The average molecular weight is 139 g/mol. The third-order valence-electron chi connectivity index (χ3n) is 1.06. The summed E-state index contributed by atoms with van der Waals surface area (Å²) in [4.78, 5) is 9.89. The fourth-order valence-corrected chi connectivity index (χ4v) is 0.587. The Morgan fingerprint density at radius 2 is 2.20 bits per heavy atom. The Morgan fingerprint density at radius 1 is 1.50 bits per heavy atom. The van der Waals surface area contributed by atoms with Crippen molar-refractivity contribution in [3.05, 3.63) is 29.6 Å². The fourth-order valence-electron chi connectivity index (χ4n) is 0.587. The van der Waals surface area contributed by atoms with Gasteiger partial charge < -0.3 is 5.11 Å². The van der Waals surface area contributed by atoms with Gasteiger partial charge in [0.2, 0.25) is 6.29 Å². The van der Waals surface area contributed by atoms with Crippen LogP contribution in [-0.4, -0.2) is 11.4 Å². The summed E-state index contributed by atoms with van der Waals surface area (Å²) in [6.07, 6.45) is 1.39. The first kappa shape index (κ1) is 6.74. The van der Waals surface area contributed by atoms with E-state index in [-0.39, 0.29) is 11.3 Å². The van der Waals surface area contributed by atoms with E-state index in [9.17, 15) is 9.18 Å². The lowest BCUT2D eigenvalue weighted by atomic mass is 10.2. The predicted octanol–water partition coefficient (Wildman–Crippen LogP) is 0.989. The Hall–Kier alpha value is -1.38. The topological polar surface area (TPSA) is 37.3 Å². The van der Waals surface area contributed by atoms with Crippen LogP contribution in [-0.2, 0) is 4.79 Å². The zero-order valence-electron chi connectivity index (χ0n) is 4.97. The van der Waals surface area contributed by atoms with Crippen LogP contribution >= 0.6 is 0 Å². The SMILES string of the molecule is O=[C]c1ccc(O)cc1F. The highest BCUT2D eigenvalue weighted by molar-refractivity contribution is 5.75. The second-order valence-electron chi connectivity index (χ2n) is 1.77. The van der Waals surface area contributed by atoms with Gasteiger partial charge in [-0.05, 0) is 12.1 Å². The normalized spacial score (nSPS) is 9.30. The lowest BCUT2D eigenvalue weighted by Crippen LogP contribution is -1.85. The Bertz CT molecular complexity index is 258. The number of hydrogen-bond donors (Lipinski definition) is 1. The van der Waals surface area contributed by atoms with Gasteiger partial charge in [0.25, 0.3) is 0 Å². The molecule has 51 valence electrons. The number of aromatic hydroxyl groups is 1. The van der Waals surface area contributed by atoms with E-state index in [0.29, 0.717) is 0 Å². The van der Waals surface area contributed by atoms with Crippen molar-refractivity contribution in [1.82, 2.24) is 0 Å². The zero-order chi connectivity index (χ0) is 7.56. The molecule has 0 saturated carbocycles. The summed E-state index contributed by atoms with van der Waals surface area (Å²) in [6, 6.07) is 3.25. The third-order valence-corrected chi connectivity index (χ3v) is 1.06. The molecule has 3 heteroatoms. The van der Waals surface area contributed by atoms with Crippen molar-refractivity contribution >= 4 is 6.29 Å². The fraction of sp³-hybridized carbons (Fsp3) is 0. The second-order valence-corrected chi connectivity index (χ2v) is 1.77. The van der Waals surface area contributed by atoms with Crippen LogP contribution in [0.1, 0.15) is 5.56 Å². The largest absolute Gasteiger partial charge is 0.508 e. The summed E-state index contributed by atoms with van der Waals surface area (Å²) in [7, 11) is 0.